The largest absolute Gasteiger partial charge is 0.388 e. The van der Waals surface area contributed by atoms with Gasteiger partial charge in [0.2, 0.25) is 0 Å². The summed E-state index contributed by atoms with van der Waals surface area (Å²) in [5.74, 6) is 0.801. The van der Waals surface area contributed by atoms with Crippen LogP contribution in [0.3, 0.4) is 0 Å². The molecule has 0 radical (unpaired) electrons. The number of aliphatic hydroxyl groups is 1. The van der Waals surface area contributed by atoms with Crippen LogP contribution in [0.25, 0.3) is 0 Å². The van der Waals surface area contributed by atoms with E-state index in [4.69, 9.17) is 0 Å². The van der Waals surface area contributed by atoms with Crippen molar-refractivity contribution in [2.24, 2.45) is 0 Å². The van der Waals surface area contributed by atoms with Crippen molar-refractivity contribution in [3.8, 4) is 0 Å². The second-order valence-electron chi connectivity index (χ2n) is 5.12. The van der Waals surface area contributed by atoms with Crippen LogP contribution in [0.2, 0.25) is 0 Å². The van der Waals surface area contributed by atoms with Crippen molar-refractivity contribution in [3.63, 3.8) is 0 Å². The Kier molecular flexibility index (Phi) is 3.95. The molecule has 0 amide bonds. The van der Waals surface area contributed by atoms with Crippen LogP contribution < -0.4 is 0 Å². The first-order chi connectivity index (χ1) is 8.97. The third kappa shape index (κ3) is 3.17. The van der Waals surface area contributed by atoms with Crippen molar-refractivity contribution in [2.75, 3.05) is 0 Å². The summed E-state index contributed by atoms with van der Waals surface area (Å²) >= 11 is 0. The number of aromatic nitrogens is 4. The highest BCUT2D eigenvalue weighted by atomic mass is 16.3. The van der Waals surface area contributed by atoms with Crippen LogP contribution in [0.1, 0.15) is 48.8 Å². The Morgan fingerprint density at radius 2 is 1.84 bits per heavy atom. The lowest BCUT2D eigenvalue weighted by Gasteiger charge is -2.14. The fourth-order valence-electron chi connectivity index (χ4n) is 2.20. The van der Waals surface area contributed by atoms with E-state index < -0.39 is 6.10 Å². The Morgan fingerprint density at radius 1 is 1.21 bits per heavy atom. The zero-order valence-corrected chi connectivity index (χ0v) is 11.8. The molecule has 1 atom stereocenters. The monoisotopic (exact) mass is 260 g/mol. The number of pyridine rings is 1. The lowest BCUT2D eigenvalue weighted by Crippen LogP contribution is -2.12. The predicted molar refractivity (Wildman–Crippen MR) is 72.8 cm³/mol. The van der Waals surface area contributed by atoms with Gasteiger partial charge in [-0.3, -0.25) is 4.98 Å². The molecule has 0 aliphatic rings. The number of hydrogen-bond acceptors (Lipinski definition) is 4. The van der Waals surface area contributed by atoms with Crippen LogP contribution in [0, 0.1) is 13.8 Å². The first kappa shape index (κ1) is 13.7. The summed E-state index contributed by atoms with van der Waals surface area (Å²) in [5, 5.41) is 14.5. The number of rotatable bonds is 4. The Balaban J connectivity index is 2.20. The molecule has 102 valence electrons. The van der Waals surface area contributed by atoms with Gasteiger partial charge in [0, 0.05) is 23.9 Å². The molecule has 1 unspecified atom stereocenters. The summed E-state index contributed by atoms with van der Waals surface area (Å²) in [5.41, 5.74) is 2.71. The topological polar surface area (TPSA) is 63.8 Å². The summed E-state index contributed by atoms with van der Waals surface area (Å²) in [7, 11) is 0. The van der Waals surface area contributed by atoms with Gasteiger partial charge in [-0.1, -0.05) is 0 Å². The lowest BCUT2D eigenvalue weighted by molar-refractivity contribution is 0.173. The third-order valence-electron chi connectivity index (χ3n) is 3.00. The third-order valence-corrected chi connectivity index (χ3v) is 3.00. The van der Waals surface area contributed by atoms with Gasteiger partial charge >= 0.3 is 0 Å². The summed E-state index contributed by atoms with van der Waals surface area (Å²) in [6.45, 7) is 7.95. The molecule has 2 rings (SSSR count). The summed E-state index contributed by atoms with van der Waals surface area (Å²) in [4.78, 5) is 8.54. The first-order valence-corrected chi connectivity index (χ1v) is 6.49. The van der Waals surface area contributed by atoms with E-state index in [0.29, 0.717) is 6.42 Å². The van der Waals surface area contributed by atoms with Crippen molar-refractivity contribution in [3.05, 3.63) is 41.2 Å². The van der Waals surface area contributed by atoms with Crippen molar-refractivity contribution < 1.29 is 5.11 Å². The molecule has 2 aromatic rings. The molecule has 0 spiro atoms. The molecule has 1 N–H and O–H groups in total. The number of nitrogens with zero attached hydrogens (tertiary/aromatic N) is 4. The molecular weight excluding hydrogens is 240 g/mol. The standard InChI is InChI=1S/C14H20N4O/c1-9(2)18-14(15-8-16-18)7-13(19)12-5-10(3)17-11(4)6-12/h5-6,8-9,13,19H,7H2,1-4H3. The minimum atomic E-state index is -0.581. The normalized spacial score (nSPS) is 12.9. The van der Waals surface area contributed by atoms with Gasteiger partial charge in [0.15, 0.2) is 0 Å². The average molecular weight is 260 g/mol. The zero-order chi connectivity index (χ0) is 14.0. The maximum atomic E-state index is 10.3. The highest BCUT2D eigenvalue weighted by Crippen LogP contribution is 2.19. The minimum absolute atomic E-state index is 0.241. The highest BCUT2D eigenvalue weighted by molar-refractivity contribution is 5.23. The molecule has 0 bridgehead atoms. The van der Waals surface area contributed by atoms with E-state index in [0.717, 1.165) is 22.8 Å². The fraction of sp³-hybridized carbons (Fsp3) is 0.500. The summed E-state index contributed by atoms with van der Waals surface area (Å²) in [6.07, 6.45) is 1.41. The summed E-state index contributed by atoms with van der Waals surface area (Å²) in [6, 6.07) is 4.06. The maximum absolute atomic E-state index is 10.3. The van der Waals surface area contributed by atoms with E-state index in [-0.39, 0.29) is 6.04 Å². The van der Waals surface area contributed by atoms with E-state index in [1.54, 1.807) is 0 Å². The zero-order valence-electron chi connectivity index (χ0n) is 11.8. The molecule has 5 nitrogen and oxygen atoms in total. The maximum Gasteiger partial charge on any atom is 0.138 e. The molecule has 2 heterocycles. The van der Waals surface area contributed by atoms with Gasteiger partial charge in [0.05, 0.1) is 6.10 Å². The van der Waals surface area contributed by atoms with E-state index in [1.165, 1.54) is 6.33 Å². The smallest absolute Gasteiger partial charge is 0.138 e. The Bertz CT molecular complexity index is 542. The molecule has 0 fully saturated rings. The molecule has 2 aromatic heterocycles. The van der Waals surface area contributed by atoms with E-state index >= 15 is 0 Å². The van der Waals surface area contributed by atoms with Gasteiger partial charge in [-0.2, -0.15) is 5.10 Å². The predicted octanol–water partition coefficient (Wildman–Crippen LogP) is 2.15. The second-order valence-corrected chi connectivity index (χ2v) is 5.12. The van der Waals surface area contributed by atoms with E-state index in [1.807, 2.05) is 44.5 Å². The average Bonchev–Trinajstić information content (AvgIpc) is 2.75. The van der Waals surface area contributed by atoms with Crippen LogP contribution in [-0.4, -0.2) is 24.9 Å². The number of aliphatic hydroxyl groups excluding tert-OH is 1. The molecule has 0 saturated heterocycles. The lowest BCUT2D eigenvalue weighted by atomic mass is 10.1. The van der Waals surface area contributed by atoms with Crippen LogP contribution in [0.15, 0.2) is 18.5 Å². The summed E-state index contributed by atoms with van der Waals surface area (Å²) < 4.78 is 1.84. The Hall–Kier alpha value is -1.75. The molecule has 0 aromatic carbocycles. The number of aryl methyl sites for hydroxylation is 2. The molecule has 5 heteroatoms. The van der Waals surface area contributed by atoms with E-state index in [9.17, 15) is 5.11 Å². The molecule has 0 saturated carbocycles. The molecule has 19 heavy (non-hydrogen) atoms. The van der Waals surface area contributed by atoms with Gasteiger partial charge in [0.25, 0.3) is 0 Å². The number of hydrogen-bond donors (Lipinski definition) is 1. The van der Waals surface area contributed by atoms with Crippen molar-refractivity contribution in [2.45, 2.75) is 46.3 Å². The van der Waals surface area contributed by atoms with Crippen molar-refractivity contribution >= 4 is 0 Å². The van der Waals surface area contributed by atoms with Crippen molar-refractivity contribution in [1.29, 1.82) is 0 Å². The molecule has 0 aliphatic heterocycles. The van der Waals surface area contributed by atoms with Gasteiger partial charge in [-0.05, 0) is 45.4 Å². The highest BCUT2D eigenvalue weighted by Gasteiger charge is 2.15. The van der Waals surface area contributed by atoms with Gasteiger partial charge in [-0.25, -0.2) is 9.67 Å². The quantitative estimate of drug-likeness (QED) is 0.914. The van der Waals surface area contributed by atoms with Gasteiger partial charge < -0.3 is 5.11 Å². The van der Waals surface area contributed by atoms with E-state index in [2.05, 4.69) is 15.1 Å². The van der Waals surface area contributed by atoms with Crippen LogP contribution >= 0.6 is 0 Å². The molecule has 0 aliphatic carbocycles. The van der Waals surface area contributed by atoms with Gasteiger partial charge in [0.1, 0.15) is 12.2 Å². The van der Waals surface area contributed by atoms with Crippen LogP contribution in [-0.2, 0) is 6.42 Å². The first-order valence-electron chi connectivity index (χ1n) is 6.49. The SMILES string of the molecule is Cc1cc(C(O)Cc2ncnn2C(C)C)cc(C)n1. The minimum Gasteiger partial charge on any atom is -0.388 e. The second kappa shape index (κ2) is 5.48. The fourth-order valence-corrected chi connectivity index (χ4v) is 2.20. The van der Waals surface area contributed by atoms with Crippen LogP contribution in [0.5, 0.6) is 0 Å². The Labute approximate surface area is 113 Å². The van der Waals surface area contributed by atoms with Crippen molar-refractivity contribution in [1.82, 2.24) is 19.7 Å². The van der Waals surface area contributed by atoms with Crippen LogP contribution in [0.4, 0.5) is 0 Å². The Morgan fingerprint density at radius 3 is 2.42 bits per heavy atom. The molecular formula is C14H20N4O. The van der Waals surface area contributed by atoms with Gasteiger partial charge in [-0.15, -0.1) is 0 Å².